The molecule has 0 radical (unpaired) electrons. The predicted octanol–water partition coefficient (Wildman–Crippen LogP) is 2.41. The van der Waals surface area contributed by atoms with Crippen molar-refractivity contribution in [2.24, 2.45) is 16.3 Å². The number of carbonyl (C=O) groups is 1. The number of amidine groups is 1. The zero-order valence-electron chi connectivity index (χ0n) is 11.9. The van der Waals surface area contributed by atoms with Crippen LogP contribution >= 0.6 is 0 Å². The molecule has 0 saturated heterocycles. The highest BCUT2D eigenvalue weighted by atomic mass is 16.4. The Morgan fingerprint density at radius 2 is 2.20 bits per heavy atom. The Labute approximate surface area is 118 Å². The van der Waals surface area contributed by atoms with Crippen molar-refractivity contribution in [1.82, 2.24) is 0 Å². The van der Waals surface area contributed by atoms with Crippen LogP contribution in [0.5, 0.6) is 0 Å². The Bertz CT molecular complexity index is 548. The van der Waals surface area contributed by atoms with Gasteiger partial charge in [0.25, 0.3) is 0 Å². The van der Waals surface area contributed by atoms with Crippen molar-refractivity contribution < 1.29 is 10.0 Å². The molecule has 1 aromatic rings. The lowest BCUT2D eigenvalue weighted by Crippen LogP contribution is -2.51. The van der Waals surface area contributed by atoms with Gasteiger partial charge in [-0.25, -0.2) is 0 Å². The fourth-order valence-corrected chi connectivity index (χ4v) is 2.66. The molecule has 0 unspecified atom stereocenters. The van der Waals surface area contributed by atoms with Crippen molar-refractivity contribution in [1.29, 1.82) is 0 Å². The van der Waals surface area contributed by atoms with E-state index in [1.807, 2.05) is 32.0 Å². The monoisotopic (exact) mass is 275 g/mol. The van der Waals surface area contributed by atoms with E-state index in [0.29, 0.717) is 12.8 Å². The second kappa shape index (κ2) is 5.53. The number of hydrogen-bond donors (Lipinski definition) is 3. The number of hydrogen-bond acceptors (Lipinski definition) is 3. The van der Waals surface area contributed by atoms with E-state index in [9.17, 15) is 4.79 Å². The van der Waals surface area contributed by atoms with Gasteiger partial charge in [-0.2, -0.15) is 0 Å². The number of oxime groups is 1. The number of anilines is 1. The Morgan fingerprint density at radius 1 is 1.50 bits per heavy atom. The van der Waals surface area contributed by atoms with Gasteiger partial charge in [-0.1, -0.05) is 36.7 Å². The summed E-state index contributed by atoms with van der Waals surface area (Å²) in [6.07, 6.45) is 3.01. The highest BCUT2D eigenvalue weighted by molar-refractivity contribution is 6.13. The van der Waals surface area contributed by atoms with Crippen molar-refractivity contribution in [3.8, 4) is 0 Å². The third kappa shape index (κ3) is 2.24. The van der Waals surface area contributed by atoms with Gasteiger partial charge in [-0.05, 0) is 37.3 Å². The van der Waals surface area contributed by atoms with Crippen LogP contribution in [0.3, 0.4) is 0 Å². The van der Waals surface area contributed by atoms with Gasteiger partial charge in [-0.3, -0.25) is 4.79 Å². The summed E-state index contributed by atoms with van der Waals surface area (Å²) >= 11 is 0. The second-order valence-corrected chi connectivity index (χ2v) is 5.34. The summed E-state index contributed by atoms with van der Waals surface area (Å²) in [6, 6.07) is 5.94. The van der Waals surface area contributed by atoms with Gasteiger partial charge >= 0.3 is 0 Å². The third-order valence-electron chi connectivity index (χ3n) is 4.22. The summed E-state index contributed by atoms with van der Waals surface area (Å²) < 4.78 is 0. The van der Waals surface area contributed by atoms with Gasteiger partial charge in [0.15, 0.2) is 5.84 Å². The maximum absolute atomic E-state index is 12.6. The van der Waals surface area contributed by atoms with Crippen LogP contribution in [-0.4, -0.2) is 17.0 Å². The summed E-state index contributed by atoms with van der Waals surface area (Å²) in [5, 5.41) is 14.9. The Kier molecular flexibility index (Phi) is 3.97. The summed E-state index contributed by atoms with van der Waals surface area (Å²) in [6.45, 7) is 4.01. The van der Waals surface area contributed by atoms with E-state index in [2.05, 4.69) is 10.5 Å². The molecule has 4 N–H and O–H groups in total. The lowest BCUT2D eigenvalue weighted by molar-refractivity contribution is -0.125. The molecular formula is C15H21N3O2. The van der Waals surface area contributed by atoms with E-state index in [1.54, 1.807) is 0 Å². The van der Waals surface area contributed by atoms with E-state index in [1.165, 1.54) is 0 Å². The van der Waals surface area contributed by atoms with Crippen LogP contribution in [0.15, 0.2) is 23.4 Å². The molecule has 5 heteroatoms. The van der Waals surface area contributed by atoms with Gasteiger partial charge in [-0.15, -0.1) is 0 Å². The largest absolute Gasteiger partial charge is 0.409 e. The molecule has 0 spiro atoms. The number of nitrogens with zero attached hydrogens (tertiary/aromatic N) is 1. The van der Waals surface area contributed by atoms with Crippen LogP contribution in [0.4, 0.5) is 5.69 Å². The molecule has 1 aliphatic carbocycles. The fraction of sp³-hybridized carbons (Fsp3) is 0.467. The molecule has 0 atom stereocenters. The lowest BCUT2D eigenvalue weighted by Gasteiger charge is -2.38. The quantitative estimate of drug-likeness (QED) is 0.341. The molecule has 1 aromatic carbocycles. The molecule has 20 heavy (non-hydrogen) atoms. The molecule has 1 saturated carbocycles. The molecule has 108 valence electrons. The van der Waals surface area contributed by atoms with Crippen molar-refractivity contribution in [2.75, 3.05) is 5.32 Å². The van der Waals surface area contributed by atoms with Crippen molar-refractivity contribution in [3.63, 3.8) is 0 Å². The van der Waals surface area contributed by atoms with Crippen LogP contribution in [0.25, 0.3) is 0 Å². The Balaban J connectivity index is 2.28. The zero-order valence-corrected chi connectivity index (χ0v) is 11.9. The maximum Gasteiger partial charge on any atom is 0.238 e. The first-order valence-corrected chi connectivity index (χ1v) is 6.93. The van der Waals surface area contributed by atoms with Gasteiger partial charge in [0.05, 0.1) is 0 Å². The predicted molar refractivity (Wildman–Crippen MR) is 78.9 cm³/mol. The Hall–Kier alpha value is -2.04. The van der Waals surface area contributed by atoms with Crippen molar-refractivity contribution in [3.05, 3.63) is 29.3 Å². The average Bonchev–Trinajstić information content (AvgIpc) is 2.39. The summed E-state index contributed by atoms with van der Waals surface area (Å²) in [5.74, 6) is -0.170. The fourth-order valence-electron chi connectivity index (χ4n) is 2.66. The molecule has 1 amide bonds. The summed E-state index contributed by atoms with van der Waals surface area (Å²) in [7, 11) is 0. The lowest BCUT2D eigenvalue weighted by atomic mass is 9.67. The highest BCUT2D eigenvalue weighted by Gasteiger charge is 2.48. The number of nitrogens with two attached hydrogens (primary N) is 1. The first kappa shape index (κ1) is 14.4. The van der Waals surface area contributed by atoms with Crippen LogP contribution in [0, 0.1) is 12.3 Å². The molecule has 0 heterocycles. The number of nitrogens with one attached hydrogen (secondary N) is 1. The SMILES string of the molecule is CCc1cccc(C)c1NC(=O)C1(/C(N)=N/O)CCC1. The number of aryl methyl sites for hydroxylation is 2. The number of benzene rings is 1. The minimum absolute atomic E-state index is 0.00730. The topological polar surface area (TPSA) is 87.7 Å². The summed E-state index contributed by atoms with van der Waals surface area (Å²) in [4.78, 5) is 12.6. The number of carbonyl (C=O) groups excluding carboxylic acids is 1. The van der Waals surface area contributed by atoms with Gasteiger partial charge in [0.2, 0.25) is 5.91 Å². The van der Waals surface area contributed by atoms with E-state index in [4.69, 9.17) is 10.9 Å². The molecule has 1 aliphatic rings. The standard InChI is InChI=1S/C15H21N3O2/c1-3-11-7-4-6-10(2)12(11)17-14(19)15(8-5-9-15)13(16)18-20/h4,6-7,20H,3,5,8-9H2,1-2H3,(H2,16,18)(H,17,19). The Morgan fingerprint density at radius 3 is 2.70 bits per heavy atom. The van der Waals surface area contributed by atoms with E-state index < -0.39 is 5.41 Å². The highest BCUT2D eigenvalue weighted by Crippen LogP contribution is 2.42. The van der Waals surface area contributed by atoms with Crippen LogP contribution in [-0.2, 0) is 11.2 Å². The van der Waals surface area contributed by atoms with Gasteiger partial charge < -0.3 is 16.3 Å². The molecule has 5 nitrogen and oxygen atoms in total. The molecule has 2 rings (SSSR count). The van der Waals surface area contributed by atoms with Gasteiger partial charge in [0, 0.05) is 5.69 Å². The number of rotatable bonds is 4. The average molecular weight is 275 g/mol. The van der Waals surface area contributed by atoms with Gasteiger partial charge in [0.1, 0.15) is 5.41 Å². The minimum Gasteiger partial charge on any atom is -0.409 e. The third-order valence-corrected chi connectivity index (χ3v) is 4.22. The molecule has 0 bridgehead atoms. The van der Waals surface area contributed by atoms with Crippen molar-refractivity contribution >= 4 is 17.4 Å². The van der Waals surface area contributed by atoms with E-state index >= 15 is 0 Å². The normalized spacial score (nSPS) is 17.4. The van der Waals surface area contributed by atoms with E-state index in [0.717, 1.165) is 29.7 Å². The smallest absolute Gasteiger partial charge is 0.238 e. The second-order valence-electron chi connectivity index (χ2n) is 5.34. The zero-order chi connectivity index (χ0) is 14.8. The molecule has 1 fully saturated rings. The minimum atomic E-state index is -0.845. The van der Waals surface area contributed by atoms with Crippen LogP contribution < -0.4 is 11.1 Å². The first-order chi connectivity index (χ1) is 9.55. The van der Waals surface area contributed by atoms with Crippen molar-refractivity contribution in [2.45, 2.75) is 39.5 Å². The molecule has 0 aromatic heterocycles. The maximum atomic E-state index is 12.6. The number of amides is 1. The summed E-state index contributed by atoms with van der Waals surface area (Å²) in [5.41, 5.74) is 7.83. The van der Waals surface area contributed by atoms with Crippen LogP contribution in [0.2, 0.25) is 0 Å². The number of para-hydroxylation sites is 1. The van der Waals surface area contributed by atoms with E-state index in [-0.39, 0.29) is 11.7 Å². The molecule has 0 aliphatic heterocycles. The van der Waals surface area contributed by atoms with Crippen LogP contribution in [0.1, 0.15) is 37.3 Å². The first-order valence-electron chi connectivity index (χ1n) is 6.93. The molecular weight excluding hydrogens is 254 g/mol.